The molecule has 0 aliphatic rings. The fourth-order valence-corrected chi connectivity index (χ4v) is 3.18. The highest BCUT2D eigenvalue weighted by Crippen LogP contribution is 2.16. The molecule has 0 aliphatic carbocycles. The molecule has 0 atom stereocenters. The maximum atomic E-state index is 13.0. The second-order valence-electron chi connectivity index (χ2n) is 6.27. The number of carbonyl (C=O) groups is 1. The molecule has 0 saturated heterocycles. The Hall–Kier alpha value is -3.25. The van der Waals surface area contributed by atoms with Crippen molar-refractivity contribution in [3.63, 3.8) is 0 Å². The first-order valence-corrected chi connectivity index (χ1v) is 8.90. The number of hydrogen-bond acceptors (Lipinski definition) is 4. The zero-order valence-electron chi connectivity index (χ0n) is 14.7. The average Bonchev–Trinajstić information content (AvgIpc) is 2.70. The second-order valence-corrected chi connectivity index (χ2v) is 6.66. The Morgan fingerprint density at radius 3 is 2.64 bits per heavy atom. The van der Waals surface area contributed by atoms with Crippen LogP contribution in [0.4, 0.5) is 0 Å². The molecule has 0 N–H and O–H groups in total. The van der Waals surface area contributed by atoms with Gasteiger partial charge in [0.05, 0.1) is 23.3 Å². The number of carbonyl (C=O) groups excluding carboxylic acids is 1. The standard InChI is InChI=1S/C21H13BClN3O2/c22-18-7-3-4-14(25-18)11-26-12-16(20(27)13-8-9-19(23)24-10-13)21(28)15-5-1-2-6-17(15)26/h1-10,12H,11H2. The lowest BCUT2D eigenvalue weighted by Gasteiger charge is -2.13. The Kier molecular flexibility index (Phi) is 4.80. The van der Waals surface area contributed by atoms with Crippen LogP contribution in [0.15, 0.2) is 71.8 Å². The van der Waals surface area contributed by atoms with E-state index in [2.05, 4.69) is 9.97 Å². The van der Waals surface area contributed by atoms with Crippen molar-refractivity contribution in [3.05, 3.63) is 99.2 Å². The number of rotatable bonds is 4. The largest absolute Gasteiger partial charge is 0.340 e. The van der Waals surface area contributed by atoms with Crippen molar-refractivity contribution in [1.82, 2.24) is 14.5 Å². The zero-order chi connectivity index (χ0) is 19.7. The number of para-hydroxylation sites is 1. The Labute approximate surface area is 167 Å². The SMILES string of the molecule is [B]c1cccc(Cn2cc(C(=O)c3ccc(Cl)nc3)c(=O)c3ccccc32)n1. The molecular weight excluding hydrogens is 373 g/mol. The summed E-state index contributed by atoms with van der Waals surface area (Å²) in [5.41, 5.74) is 1.87. The van der Waals surface area contributed by atoms with E-state index in [4.69, 9.17) is 19.4 Å². The van der Waals surface area contributed by atoms with Crippen LogP contribution in [-0.2, 0) is 6.54 Å². The molecule has 0 spiro atoms. The van der Waals surface area contributed by atoms with Crippen LogP contribution in [0.5, 0.6) is 0 Å². The Morgan fingerprint density at radius 2 is 1.89 bits per heavy atom. The molecule has 7 heteroatoms. The maximum Gasteiger partial charge on any atom is 0.200 e. The molecule has 0 aliphatic heterocycles. The molecule has 3 aromatic heterocycles. The minimum atomic E-state index is -0.408. The van der Waals surface area contributed by atoms with Crippen LogP contribution in [0.25, 0.3) is 10.9 Å². The van der Waals surface area contributed by atoms with Gasteiger partial charge in [-0.15, -0.1) is 0 Å². The minimum absolute atomic E-state index is 0.0618. The van der Waals surface area contributed by atoms with Crippen LogP contribution in [0, 0.1) is 0 Å². The molecule has 4 rings (SSSR count). The van der Waals surface area contributed by atoms with Gasteiger partial charge >= 0.3 is 0 Å². The first-order valence-electron chi connectivity index (χ1n) is 8.53. The maximum absolute atomic E-state index is 13.0. The van der Waals surface area contributed by atoms with Crippen molar-refractivity contribution in [3.8, 4) is 0 Å². The van der Waals surface area contributed by atoms with Crippen LogP contribution in [0.2, 0.25) is 5.15 Å². The number of nitrogens with zero attached hydrogens (tertiary/aromatic N) is 3. The molecule has 0 bridgehead atoms. The van der Waals surface area contributed by atoms with Gasteiger partial charge in [0.15, 0.2) is 5.78 Å². The van der Waals surface area contributed by atoms with Crippen molar-refractivity contribution in [2.45, 2.75) is 6.54 Å². The lowest BCUT2D eigenvalue weighted by Crippen LogP contribution is -2.21. The molecule has 28 heavy (non-hydrogen) atoms. The fourth-order valence-electron chi connectivity index (χ4n) is 3.06. The first kappa shape index (κ1) is 18.1. The molecule has 1 aromatic carbocycles. The zero-order valence-corrected chi connectivity index (χ0v) is 15.4. The van der Waals surface area contributed by atoms with E-state index >= 15 is 0 Å². The second kappa shape index (κ2) is 7.41. The third kappa shape index (κ3) is 3.46. The van der Waals surface area contributed by atoms with Crippen molar-refractivity contribution in [2.24, 2.45) is 0 Å². The van der Waals surface area contributed by atoms with Gasteiger partial charge in [0.25, 0.3) is 0 Å². The number of ketones is 1. The van der Waals surface area contributed by atoms with Crippen LogP contribution in [0.3, 0.4) is 0 Å². The summed E-state index contributed by atoms with van der Waals surface area (Å²) in [5, 5.41) is 0.736. The van der Waals surface area contributed by atoms with Gasteiger partial charge in [0.1, 0.15) is 13.0 Å². The number of fused-ring (bicyclic) bond motifs is 1. The molecule has 0 saturated carbocycles. The van der Waals surface area contributed by atoms with E-state index in [1.165, 1.54) is 12.3 Å². The summed E-state index contributed by atoms with van der Waals surface area (Å²) in [6.45, 7) is 0.366. The van der Waals surface area contributed by atoms with Gasteiger partial charge in [-0.05, 0) is 35.9 Å². The monoisotopic (exact) mass is 385 g/mol. The van der Waals surface area contributed by atoms with Crippen molar-refractivity contribution in [1.29, 1.82) is 0 Å². The summed E-state index contributed by atoms with van der Waals surface area (Å²) in [7, 11) is 5.77. The van der Waals surface area contributed by atoms with Crippen LogP contribution in [0.1, 0.15) is 21.6 Å². The van der Waals surface area contributed by atoms with E-state index in [9.17, 15) is 9.59 Å². The van der Waals surface area contributed by atoms with Gasteiger partial charge in [-0.25, -0.2) is 4.98 Å². The van der Waals surface area contributed by atoms with Gasteiger partial charge in [0, 0.05) is 23.3 Å². The lowest BCUT2D eigenvalue weighted by molar-refractivity contribution is 0.103. The molecule has 0 unspecified atom stereocenters. The first-order chi connectivity index (χ1) is 13.5. The summed E-state index contributed by atoms with van der Waals surface area (Å²) in [6.07, 6.45) is 2.93. The molecule has 2 radical (unpaired) electrons. The smallest absolute Gasteiger partial charge is 0.200 e. The minimum Gasteiger partial charge on any atom is -0.340 e. The molecular formula is C21H13BClN3O2. The molecule has 0 amide bonds. The van der Waals surface area contributed by atoms with Crippen LogP contribution >= 0.6 is 11.6 Å². The number of halogens is 1. The quantitative estimate of drug-likeness (QED) is 0.308. The van der Waals surface area contributed by atoms with Crippen LogP contribution < -0.4 is 11.0 Å². The normalized spacial score (nSPS) is 10.9. The van der Waals surface area contributed by atoms with Crippen molar-refractivity contribution in [2.75, 3.05) is 0 Å². The van der Waals surface area contributed by atoms with Crippen LogP contribution in [-0.4, -0.2) is 28.2 Å². The average molecular weight is 386 g/mol. The van der Waals surface area contributed by atoms with E-state index < -0.39 is 5.78 Å². The van der Waals surface area contributed by atoms with E-state index in [0.717, 1.165) is 5.69 Å². The van der Waals surface area contributed by atoms with E-state index in [1.54, 1.807) is 30.5 Å². The summed E-state index contributed by atoms with van der Waals surface area (Å²) < 4.78 is 1.83. The fraction of sp³-hybridized carbons (Fsp3) is 0.0476. The molecule has 5 nitrogen and oxygen atoms in total. The topological polar surface area (TPSA) is 64.8 Å². The van der Waals surface area contributed by atoms with Gasteiger partial charge in [-0.1, -0.05) is 35.9 Å². The van der Waals surface area contributed by atoms with Gasteiger partial charge in [-0.3, -0.25) is 14.6 Å². The lowest BCUT2D eigenvalue weighted by atomic mass is 10.0. The Balaban J connectivity index is 1.87. The van der Waals surface area contributed by atoms with Gasteiger partial charge in [-0.2, -0.15) is 0 Å². The van der Waals surface area contributed by atoms with Crippen molar-refractivity contribution < 1.29 is 4.79 Å². The Bertz CT molecular complexity index is 1250. The van der Waals surface area contributed by atoms with E-state index in [0.29, 0.717) is 28.6 Å². The van der Waals surface area contributed by atoms with E-state index in [-0.39, 0.29) is 16.1 Å². The predicted molar refractivity (Wildman–Crippen MR) is 110 cm³/mol. The predicted octanol–water partition coefficient (Wildman–Crippen LogP) is 2.52. The number of aromatic nitrogens is 3. The van der Waals surface area contributed by atoms with E-state index in [1.807, 2.05) is 28.8 Å². The number of pyridine rings is 3. The summed E-state index contributed by atoms with van der Waals surface area (Å²) in [5.74, 6) is -0.408. The highest BCUT2D eigenvalue weighted by Gasteiger charge is 2.17. The third-order valence-corrected chi connectivity index (χ3v) is 4.61. The number of hydrogen-bond donors (Lipinski definition) is 0. The number of benzene rings is 1. The highest BCUT2D eigenvalue weighted by molar-refractivity contribution is 6.30. The molecule has 0 fully saturated rings. The van der Waals surface area contributed by atoms with Crippen molar-refractivity contribution >= 4 is 41.7 Å². The molecule has 4 aromatic rings. The van der Waals surface area contributed by atoms with Gasteiger partial charge < -0.3 is 4.57 Å². The van der Waals surface area contributed by atoms with Gasteiger partial charge in [0.2, 0.25) is 5.43 Å². The Morgan fingerprint density at radius 1 is 1.07 bits per heavy atom. The molecule has 134 valence electrons. The summed E-state index contributed by atoms with van der Waals surface area (Å²) in [4.78, 5) is 34.1. The highest BCUT2D eigenvalue weighted by atomic mass is 35.5. The third-order valence-electron chi connectivity index (χ3n) is 4.38. The summed E-state index contributed by atoms with van der Waals surface area (Å²) >= 11 is 5.79. The summed E-state index contributed by atoms with van der Waals surface area (Å²) in [6, 6.07) is 15.6. The molecule has 3 heterocycles.